The van der Waals surface area contributed by atoms with Gasteiger partial charge in [-0.25, -0.2) is 73.1 Å². The van der Waals surface area contributed by atoms with Crippen molar-refractivity contribution in [1.82, 2.24) is 92.9 Å². The quantitative estimate of drug-likeness (QED) is 0.0290. The van der Waals surface area contributed by atoms with Crippen LogP contribution in [0.15, 0.2) is 260 Å². The zero-order valence-electron chi connectivity index (χ0n) is 78.4. The van der Waals surface area contributed by atoms with Crippen LogP contribution in [0.1, 0.15) is 68.3 Å². The van der Waals surface area contributed by atoms with Crippen molar-refractivity contribution in [3.63, 3.8) is 0 Å². The van der Waals surface area contributed by atoms with Crippen LogP contribution in [0.3, 0.4) is 0 Å². The lowest BCUT2D eigenvalue weighted by atomic mass is 10.1. The topological polar surface area (TPSA) is 325 Å². The van der Waals surface area contributed by atoms with E-state index in [2.05, 4.69) is 91.5 Å². The van der Waals surface area contributed by atoms with Crippen LogP contribution < -0.4 is 43.5 Å². The first kappa shape index (κ1) is 107. The van der Waals surface area contributed by atoms with Crippen molar-refractivity contribution in [1.29, 1.82) is 0 Å². The highest BCUT2D eigenvalue weighted by molar-refractivity contribution is 8.00. The minimum Gasteiger partial charge on any atom is -0.380 e. The highest BCUT2D eigenvalue weighted by atomic mass is 35.5. The maximum absolute atomic E-state index is 14.1. The fourth-order valence-corrected chi connectivity index (χ4v) is 22.2. The predicted molar refractivity (Wildman–Crippen MR) is 570 cm³/mol. The Hall–Kier alpha value is -13.5. The van der Waals surface area contributed by atoms with Gasteiger partial charge < -0.3 is 35.8 Å². The Morgan fingerprint density at radius 3 is 0.926 bits per heavy atom. The number of nitrogens with one attached hydrogen (secondary N) is 6. The second-order valence-corrected chi connectivity index (χ2v) is 41.5. The summed E-state index contributed by atoms with van der Waals surface area (Å²) in [5.74, 6) is -3.63. The Morgan fingerprint density at radius 2 is 0.658 bits per heavy atom. The molecule has 0 aliphatic heterocycles. The second-order valence-electron chi connectivity index (χ2n) is 32.7. The fraction of sp³-hybridized carbons (Fsp3) is 0.129. The van der Waals surface area contributed by atoms with Gasteiger partial charge in [0.25, 0.3) is 22.2 Å². The van der Waals surface area contributed by atoms with Gasteiger partial charge in [0.1, 0.15) is 104 Å². The number of anilines is 4. The van der Waals surface area contributed by atoms with Crippen LogP contribution in [0.2, 0.25) is 40.2 Å². The van der Waals surface area contributed by atoms with E-state index in [9.17, 15) is 54.3 Å². The van der Waals surface area contributed by atoms with Crippen molar-refractivity contribution >= 4 is 196 Å². The molecule has 0 spiro atoms. The van der Waals surface area contributed by atoms with Gasteiger partial charge in [-0.2, -0.15) is 40.3 Å². The molecule has 0 amide bonds. The van der Waals surface area contributed by atoms with E-state index in [0.29, 0.717) is 113 Å². The molecule has 0 saturated carbocycles. The fourth-order valence-electron chi connectivity index (χ4n) is 15.5. The van der Waals surface area contributed by atoms with Gasteiger partial charge in [0.2, 0.25) is 0 Å². The molecule has 0 radical (unpaired) electrons. The molecule has 758 valence electrons. The number of imidazole rings is 3. The van der Waals surface area contributed by atoms with E-state index in [1.54, 1.807) is 115 Å². The number of nitrogens with zero attached hydrogens (tertiary/aromatic N) is 17. The number of H-pyrrole nitrogens is 2. The molecule has 6 N–H and O–H groups in total. The number of fused-ring (bicyclic) bond motifs is 4. The summed E-state index contributed by atoms with van der Waals surface area (Å²) in [6, 6.07) is 39.8. The molecule has 12 heterocycles. The molecular weight excluding hydrogens is 2200 g/mol. The lowest BCUT2D eigenvalue weighted by molar-refractivity contribution is 0.564. The number of halogens is 16. The van der Waals surface area contributed by atoms with Crippen LogP contribution in [0.5, 0.6) is 0 Å². The number of thiazole rings is 1. The summed E-state index contributed by atoms with van der Waals surface area (Å²) < 4.78 is 117. The molecule has 0 aliphatic carbocycles. The number of aryl methyl sites for hydroxylation is 7. The van der Waals surface area contributed by atoms with E-state index in [4.69, 9.17) is 92.8 Å². The highest BCUT2D eigenvalue weighted by Crippen LogP contribution is 2.45. The first-order valence-electron chi connectivity index (χ1n) is 44.3. The molecule has 8 aromatic carbocycles. The van der Waals surface area contributed by atoms with Gasteiger partial charge >= 0.3 is 0 Å². The monoisotopic (exact) mass is 2260 g/mol. The molecule has 149 heavy (non-hydrogen) atoms. The summed E-state index contributed by atoms with van der Waals surface area (Å²) in [6.45, 7) is 15.7. The van der Waals surface area contributed by atoms with Crippen molar-refractivity contribution < 1.29 is 35.1 Å². The molecular formula is C101H73Cl8F8N23O4S5. The summed E-state index contributed by atoms with van der Waals surface area (Å²) in [5.41, 5.74) is 10.9. The van der Waals surface area contributed by atoms with Crippen LogP contribution >= 0.6 is 151 Å². The van der Waals surface area contributed by atoms with Crippen molar-refractivity contribution in [2.75, 3.05) is 21.3 Å². The molecule has 20 aromatic rings. The largest absolute Gasteiger partial charge is 0.380 e. The number of aromatic nitrogens is 19. The Morgan fingerprint density at radius 1 is 0.349 bits per heavy atom. The van der Waals surface area contributed by atoms with Crippen LogP contribution in [0, 0.1) is 88.1 Å². The molecule has 0 fully saturated rings. The average Bonchev–Trinajstić information content (AvgIpc) is 0.871. The van der Waals surface area contributed by atoms with Gasteiger partial charge in [0.15, 0.2) is 0 Å². The molecule has 0 bridgehead atoms. The van der Waals surface area contributed by atoms with E-state index in [-0.39, 0.29) is 82.0 Å². The smallest absolute Gasteiger partial charge is 0.281 e. The van der Waals surface area contributed by atoms with Crippen LogP contribution in [-0.4, -0.2) is 92.9 Å². The van der Waals surface area contributed by atoms with Crippen molar-refractivity contribution in [2.45, 2.75) is 121 Å². The lowest BCUT2D eigenvalue weighted by Gasteiger charge is -2.14. The van der Waals surface area contributed by atoms with E-state index >= 15 is 0 Å². The number of hydrogen-bond acceptors (Lipinski definition) is 25. The van der Waals surface area contributed by atoms with Gasteiger partial charge in [-0.1, -0.05) is 147 Å². The molecule has 0 aliphatic rings. The minimum absolute atomic E-state index is 0.180. The molecule has 0 unspecified atom stereocenters. The molecule has 20 rings (SSSR count). The zero-order chi connectivity index (χ0) is 106. The summed E-state index contributed by atoms with van der Waals surface area (Å²) >= 11 is 58.6. The molecule has 48 heteroatoms. The van der Waals surface area contributed by atoms with Crippen LogP contribution in [0.4, 0.5) is 57.9 Å². The van der Waals surface area contributed by atoms with E-state index in [1.165, 1.54) is 91.9 Å². The summed E-state index contributed by atoms with van der Waals surface area (Å²) in [4.78, 5) is 93.0. The predicted octanol–water partition coefficient (Wildman–Crippen LogP) is 26.5. The maximum Gasteiger partial charge on any atom is 0.281 e. The third-order valence-corrected chi connectivity index (χ3v) is 30.1. The Kier molecular flexibility index (Phi) is 33.2. The van der Waals surface area contributed by atoms with Gasteiger partial charge in [-0.15, -0.1) is 11.3 Å². The minimum atomic E-state index is -0.699. The first-order chi connectivity index (χ1) is 71.3. The van der Waals surface area contributed by atoms with Crippen molar-refractivity contribution in [3.8, 4) is 44.5 Å². The zero-order valence-corrected chi connectivity index (χ0v) is 88.5. The third-order valence-electron chi connectivity index (χ3n) is 22.7. The highest BCUT2D eigenvalue weighted by Gasteiger charge is 2.27. The van der Waals surface area contributed by atoms with Gasteiger partial charge in [-0.05, 0) is 187 Å². The summed E-state index contributed by atoms with van der Waals surface area (Å²) in [7, 11) is 1.95. The Balaban J connectivity index is 0.000000135. The first-order valence-corrected chi connectivity index (χ1v) is 51.4. The normalized spacial score (nSPS) is 11.3. The number of rotatable bonds is 25. The molecule has 0 saturated heterocycles. The number of hydrogen-bond donors (Lipinski definition) is 6. The number of aromatic amines is 2. The Labute approximate surface area is 901 Å². The van der Waals surface area contributed by atoms with Gasteiger partial charge in [-0.3, -0.25) is 19.2 Å². The van der Waals surface area contributed by atoms with E-state index in [0.717, 1.165) is 139 Å². The second kappa shape index (κ2) is 46.3. The summed E-state index contributed by atoms with van der Waals surface area (Å²) in [6.07, 6.45) is 7.48. The molecule has 12 aromatic heterocycles. The van der Waals surface area contributed by atoms with E-state index < -0.39 is 68.8 Å². The van der Waals surface area contributed by atoms with Gasteiger partial charge in [0, 0.05) is 119 Å². The molecule has 0 atom stereocenters. The van der Waals surface area contributed by atoms with Gasteiger partial charge in [0.05, 0.1) is 150 Å². The standard InChI is InChI=1S/2C26H20Cl2F2N6OS.C25H17Cl2F2N5OS2.C24H16Cl2F2N6OS/c1-13-21(35(3)14(2)33-13)11-31-16-9-17(27)24(18(28)10-16)25-20-5-7-23(34-36(20)12-32-26(25)37)38-22-6-4-15(29)8-19(22)30;1-3-22-33-13(2)19(34-22)11-31-15-9-16(27)24(17(28)10-15)25-20-5-7-23(35-36(20)12-32-26(25)37)38-21-6-4-14(29)8-18(21)30;1-12-21(36-13(2)32-12)10-30-15-8-16(26)23(17(27)9-15)24-19-4-6-22(33-34(19)11-31-25(24)35)37-20-5-3-14(28)7-18(20)29;1-12-18(31-10-30-12)9-29-14-7-15(25)22(16(26)8-14)23-19-3-5-21(33-34(19)11-32-24(23)35)36-20-4-2-13(27)6-17(20)28/h4-10,12,31H,11H2,1-3H3;4-10,12,31H,3,11H2,1-2H3,(H,33,34);3-9,11,30H,10H2,1-2H3;2-8,10-11,29H,9H2,1H3,(H,30,31). The SMILES string of the molecule is CCc1nc(CNc2cc(Cl)c(-c3c(=O)ncn4nc(Sc5ccc(F)cc5F)ccc34)c(Cl)c2)c(C)[nH]1.Cc1[nH]cnc1CNc1cc(Cl)c(-c2c(=O)ncn3nc(Sc4ccc(F)cc4F)ccc23)c(Cl)c1.Cc1nc(C)c(CNc2cc(Cl)c(-c3c(=O)ncn4nc(Sc5ccc(F)cc5F)ccc34)c(Cl)c2)s1.Cc1nc(C)n(C)c1CNc1cc(Cl)c(-c2c(=O)ncn3nc(Sc4ccc(F)cc4F)ccc23)c(Cl)c1. The molecule has 27 nitrogen and oxygen atoms in total. The Bertz CT molecular complexity index is 8840. The van der Waals surface area contributed by atoms with E-state index in [1.807, 2.05) is 60.1 Å². The third kappa shape index (κ3) is 24.5. The average molecular weight is 2270 g/mol. The van der Waals surface area contributed by atoms with Crippen molar-refractivity contribution in [3.05, 3.63) is 391 Å². The lowest BCUT2D eigenvalue weighted by Crippen LogP contribution is -2.14. The van der Waals surface area contributed by atoms with Crippen LogP contribution in [-0.2, 0) is 39.6 Å². The number of benzene rings is 8. The summed E-state index contributed by atoms with van der Waals surface area (Å²) in [5, 5.41) is 35.5. The maximum atomic E-state index is 14.1. The van der Waals surface area contributed by atoms with Crippen molar-refractivity contribution in [2.24, 2.45) is 7.05 Å². The van der Waals surface area contributed by atoms with Crippen LogP contribution in [0.25, 0.3) is 66.6 Å².